The van der Waals surface area contributed by atoms with Crippen LogP contribution in [0.3, 0.4) is 0 Å². The summed E-state index contributed by atoms with van der Waals surface area (Å²) < 4.78 is 23.8. The predicted octanol–water partition coefficient (Wildman–Crippen LogP) is 4.15. The summed E-state index contributed by atoms with van der Waals surface area (Å²) in [6, 6.07) is 12.2. The number of hydrogen-bond donors (Lipinski definition) is 1. The first kappa shape index (κ1) is 22.1. The Bertz CT molecular complexity index is 1070. The smallest absolute Gasteiger partial charge is 0.226 e. The third-order valence-electron chi connectivity index (χ3n) is 5.59. The fourth-order valence-electron chi connectivity index (χ4n) is 3.86. The van der Waals surface area contributed by atoms with Gasteiger partial charge < -0.3 is 19.7 Å². The van der Waals surface area contributed by atoms with Crippen LogP contribution < -0.4 is 19.7 Å². The Balaban J connectivity index is 1.28. The molecule has 1 aromatic heterocycles. The van der Waals surface area contributed by atoms with Gasteiger partial charge in [-0.15, -0.1) is 11.3 Å². The zero-order valence-electron chi connectivity index (χ0n) is 18.1. The highest BCUT2D eigenvalue weighted by Crippen LogP contribution is 2.33. The largest absolute Gasteiger partial charge is 0.493 e. The molecule has 2 heterocycles. The molecular formula is C24H26FN3O3S. The van der Waals surface area contributed by atoms with E-state index in [1.54, 1.807) is 26.4 Å². The fourth-order valence-corrected chi connectivity index (χ4v) is 4.68. The summed E-state index contributed by atoms with van der Waals surface area (Å²) in [7, 11) is 3.20. The number of halogens is 1. The molecule has 0 spiro atoms. The number of hydrogen-bond acceptors (Lipinski definition) is 6. The lowest BCUT2D eigenvalue weighted by Gasteiger charge is -2.18. The Labute approximate surface area is 191 Å². The van der Waals surface area contributed by atoms with E-state index < -0.39 is 0 Å². The van der Waals surface area contributed by atoms with Gasteiger partial charge in [0.25, 0.3) is 0 Å². The molecule has 1 aliphatic heterocycles. The average molecular weight is 456 g/mol. The van der Waals surface area contributed by atoms with Crippen LogP contribution in [0.2, 0.25) is 0 Å². The number of anilines is 1. The Morgan fingerprint density at radius 1 is 1.19 bits per heavy atom. The highest BCUT2D eigenvalue weighted by Gasteiger charge is 2.23. The maximum Gasteiger partial charge on any atom is 0.226 e. The highest BCUT2D eigenvalue weighted by molar-refractivity contribution is 7.13. The van der Waals surface area contributed by atoms with Crippen molar-refractivity contribution in [2.24, 2.45) is 5.92 Å². The molecule has 1 fully saturated rings. The van der Waals surface area contributed by atoms with E-state index in [1.807, 2.05) is 23.6 Å². The molecule has 1 saturated heterocycles. The van der Waals surface area contributed by atoms with Crippen LogP contribution in [0.5, 0.6) is 11.5 Å². The zero-order chi connectivity index (χ0) is 22.5. The fraction of sp³-hybridized carbons (Fsp3) is 0.333. The van der Waals surface area contributed by atoms with Gasteiger partial charge in [0.05, 0.1) is 26.3 Å². The summed E-state index contributed by atoms with van der Waals surface area (Å²) in [6.07, 6.45) is 1.25. The van der Waals surface area contributed by atoms with E-state index in [-0.39, 0.29) is 18.1 Å². The van der Waals surface area contributed by atoms with Crippen LogP contribution in [0.25, 0.3) is 10.6 Å². The van der Waals surface area contributed by atoms with Gasteiger partial charge in [-0.2, -0.15) is 0 Å². The number of thiazole rings is 1. The number of benzene rings is 2. The van der Waals surface area contributed by atoms with Crippen LogP contribution in [0.1, 0.15) is 12.1 Å². The van der Waals surface area contributed by atoms with Gasteiger partial charge in [-0.05, 0) is 54.8 Å². The Hall–Kier alpha value is -3.13. The molecule has 0 saturated carbocycles. The number of ether oxygens (including phenoxy) is 2. The van der Waals surface area contributed by atoms with Gasteiger partial charge in [0.15, 0.2) is 11.5 Å². The minimum atomic E-state index is -0.229. The summed E-state index contributed by atoms with van der Waals surface area (Å²) in [5.74, 6) is 1.42. The first-order chi connectivity index (χ1) is 15.6. The second kappa shape index (κ2) is 9.99. The van der Waals surface area contributed by atoms with Gasteiger partial charge in [-0.25, -0.2) is 9.37 Å². The van der Waals surface area contributed by atoms with Crippen LogP contribution in [0.4, 0.5) is 10.1 Å². The Morgan fingerprint density at radius 2 is 1.97 bits per heavy atom. The molecule has 1 N–H and O–H groups in total. The van der Waals surface area contributed by atoms with Gasteiger partial charge in [-0.3, -0.25) is 4.79 Å². The van der Waals surface area contributed by atoms with Gasteiger partial charge in [0.1, 0.15) is 10.8 Å². The molecule has 6 nitrogen and oxygen atoms in total. The monoisotopic (exact) mass is 455 g/mol. The van der Waals surface area contributed by atoms with Crippen LogP contribution in [0.15, 0.2) is 47.8 Å². The van der Waals surface area contributed by atoms with Crippen molar-refractivity contribution >= 4 is 22.9 Å². The van der Waals surface area contributed by atoms with Crippen molar-refractivity contribution in [1.82, 2.24) is 10.3 Å². The van der Waals surface area contributed by atoms with Crippen LogP contribution in [0, 0.1) is 11.7 Å². The molecule has 32 heavy (non-hydrogen) atoms. The SMILES string of the molecule is COc1ccc(-c2nc(CC(=O)NC[C@@H]3CCN(c4ccc(F)cc4)C3)cs2)cc1OC. The van der Waals surface area contributed by atoms with Gasteiger partial charge >= 0.3 is 0 Å². The first-order valence-electron chi connectivity index (χ1n) is 10.5. The molecule has 168 valence electrons. The summed E-state index contributed by atoms with van der Waals surface area (Å²) >= 11 is 1.50. The van der Waals surface area contributed by atoms with Crippen molar-refractivity contribution < 1.29 is 18.7 Å². The topological polar surface area (TPSA) is 63.7 Å². The number of rotatable bonds is 8. The highest BCUT2D eigenvalue weighted by atomic mass is 32.1. The summed E-state index contributed by atoms with van der Waals surface area (Å²) in [6.45, 7) is 2.39. The summed E-state index contributed by atoms with van der Waals surface area (Å²) in [4.78, 5) is 19.3. The van der Waals surface area contributed by atoms with E-state index in [0.29, 0.717) is 24.0 Å². The molecule has 0 radical (unpaired) electrons. The molecule has 1 amide bonds. The lowest BCUT2D eigenvalue weighted by atomic mass is 10.1. The molecule has 1 atom stereocenters. The quantitative estimate of drug-likeness (QED) is 0.553. The minimum absolute atomic E-state index is 0.0330. The lowest BCUT2D eigenvalue weighted by molar-refractivity contribution is -0.120. The number of carbonyl (C=O) groups excluding carboxylic acids is 1. The lowest BCUT2D eigenvalue weighted by Crippen LogP contribution is -2.32. The maximum atomic E-state index is 13.1. The van der Waals surface area contributed by atoms with E-state index in [9.17, 15) is 9.18 Å². The molecule has 3 aromatic rings. The molecular weight excluding hydrogens is 429 g/mol. The standard InChI is InChI=1S/C24H26FN3O3S/c1-30-21-8-3-17(11-22(21)31-2)24-27-19(15-32-24)12-23(29)26-13-16-9-10-28(14-16)20-6-4-18(25)5-7-20/h3-8,11,15-16H,9-10,12-14H2,1-2H3,(H,26,29)/t16-/m0/s1. The predicted molar refractivity (Wildman–Crippen MR) is 124 cm³/mol. The molecule has 0 bridgehead atoms. The molecule has 8 heteroatoms. The van der Waals surface area contributed by atoms with Crippen molar-refractivity contribution in [2.75, 3.05) is 38.8 Å². The van der Waals surface area contributed by atoms with Crippen molar-refractivity contribution in [1.29, 1.82) is 0 Å². The van der Waals surface area contributed by atoms with Gasteiger partial charge in [0, 0.05) is 36.3 Å². The van der Waals surface area contributed by atoms with Crippen molar-refractivity contribution in [3.63, 3.8) is 0 Å². The third-order valence-corrected chi connectivity index (χ3v) is 6.53. The molecule has 2 aromatic carbocycles. The van der Waals surface area contributed by atoms with E-state index in [2.05, 4.69) is 15.2 Å². The molecule has 0 unspecified atom stereocenters. The van der Waals surface area contributed by atoms with E-state index in [4.69, 9.17) is 9.47 Å². The number of methoxy groups -OCH3 is 2. The molecule has 0 aliphatic carbocycles. The first-order valence-corrected chi connectivity index (χ1v) is 11.4. The second-order valence-electron chi connectivity index (χ2n) is 7.77. The van der Waals surface area contributed by atoms with E-state index in [1.165, 1.54) is 23.5 Å². The van der Waals surface area contributed by atoms with E-state index >= 15 is 0 Å². The Morgan fingerprint density at radius 3 is 2.72 bits per heavy atom. The zero-order valence-corrected chi connectivity index (χ0v) is 19.0. The van der Waals surface area contributed by atoms with Crippen LogP contribution in [-0.4, -0.2) is 44.7 Å². The van der Waals surface area contributed by atoms with E-state index in [0.717, 1.165) is 41.5 Å². The summed E-state index contributed by atoms with van der Waals surface area (Å²) in [5.41, 5.74) is 2.69. The number of amides is 1. The van der Waals surface area contributed by atoms with Gasteiger partial charge in [-0.1, -0.05) is 0 Å². The van der Waals surface area contributed by atoms with Crippen molar-refractivity contribution in [3.05, 3.63) is 59.4 Å². The number of carbonyl (C=O) groups is 1. The number of nitrogens with zero attached hydrogens (tertiary/aromatic N) is 2. The van der Waals surface area contributed by atoms with Crippen molar-refractivity contribution in [2.45, 2.75) is 12.8 Å². The van der Waals surface area contributed by atoms with Crippen LogP contribution in [-0.2, 0) is 11.2 Å². The second-order valence-corrected chi connectivity index (χ2v) is 8.63. The third kappa shape index (κ3) is 5.19. The Kier molecular flexibility index (Phi) is 6.90. The van der Waals surface area contributed by atoms with Crippen molar-refractivity contribution in [3.8, 4) is 22.1 Å². The van der Waals surface area contributed by atoms with Crippen LogP contribution >= 0.6 is 11.3 Å². The molecule has 4 rings (SSSR count). The van der Waals surface area contributed by atoms with Gasteiger partial charge in [0.2, 0.25) is 5.91 Å². The number of aromatic nitrogens is 1. The normalized spacial score (nSPS) is 15.6. The minimum Gasteiger partial charge on any atom is -0.493 e. The summed E-state index contributed by atoms with van der Waals surface area (Å²) in [5, 5.41) is 5.79. The number of nitrogens with one attached hydrogen (secondary N) is 1. The maximum absolute atomic E-state index is 13.1. The molecule has 1 aliphatic rings. The average Bonchev–Trinajstić information content (AvgIpc) is 3.47.